The van der Waals surface area contributed by atoms with E-state index in [-0.39, 0.29) is 16.9 Å². The molecule has 1 unspecified atom stereocenters. The highest BCUT2D eigenvalue weighted by atomic mass is 35.5. The smallest absolute Gasteiger partial charge is 0.146 e. The molecule has 5 heteroatoms. The molecule has 0 spiro atoms. The van der Waals surface area contributed by atoms with E-state index in [1.807, 2.05) is 19.1 Å². The van der Waals surface area contributed by atoms with Crippen LogP contribution in [0.4, 0.5) is 4.39 Å². The molecular formula is C13H12Cl2FNS. The van der Waals surface area contributed by atoms with Crippen LogP contribution in [0.1, 0.15) is 23.4 Å². The average molecular weight is 304 g/mol. The highest BCUT2D eigenvalue weighted by Crippen LogP contribution is 2.27. The van der Waals surface area contributed by atoms with Crippen molar-refractivity contribution in [2.45, 2.75) is 19.5 Å². The molecule has 0 bridgehead atoms. The standard InChI is InChI=1S/C13H12Cl2FNS/c1-8(11-5-6-12(15)18-11)17-7-9-3-2-4-10(14)13(9)16/h2-6,8,17H,7H2,1H3. The summed E-state index contributed by atoms with van der Waals surface area (Å²) >= 11 is 13.1. The summed E-state index contributed by atoms with van der Waals surface area (Å²) in [5.74, 6) is -0.358. The molecule has 0 fully saturated rings. The third-order valence-electron chi connectivity index (χ3n) is 2.65. The first-order valence-electron chi connectivity index (χ1n) is 5.49. The fraction of sp³-hybridized carbons (Fsp3) is 0.231. The van der Waals surface area contributed by atoms with Crippen molar-refractivity contribution < 1.29 is 4.39 Å². The summed E-state index contributed by atoms with van der Waals surface area (Å²) in [5.41, 5.74) is 0.567. The van der Waals surface area contributed by atoms with Crippen molar-refractivity contribution in [3.63, 3.8) is 0 Å². The van der Waals surface area contributed by atoms with E-state index in [1.54, 1.807) is 18.2 Å². The van der Waals surface area contributed by atoms with Crippen molar-refractivity contribution in [3.05, 3.63) is 55.9 Å². The molecule has 0 aliphatic heterocycles. The lowest BCUT2D eigenvalue weighted by Gasteiger charge is -2.12. The van der Waals surface area contributed by atoms with E-state index in [4.69, 9.17) is 23.2 Å². The SMILES string of the molecule is CC(NCc1cccc(Cl)c1F)c1ccc(Cl)s1. The number of thiophene rings is 1. The Morgan fingerprint density at radius 3 is 2.72 bits per heavy atom. The van der Waals surface area contributed by atoms with Gasteiger partial charge < -0.3 is 5.32 Å². The van der Waals surface area contributed by atoms with Gasteiger partial charge in [0.15, 0.2) is 0 Å². The van der Waals surface area contributed by atoms with Gasteiger partial charge in [0, 0.05) is 23.0 Å². The monoisotopic (exact) mass is 303 g/mol. The minimum atomic E-state index is -0.358. The number of rotatable bonds is 4. The molecule has 18 heavy (non-hydrogen) atoms. The van der Waals surface area contributed by atoms with Crippen LogP contribution in [0.3, 0.4) is 0 Å². The Morgan fingerprint density at radius 1 is 1.28 bits per heavy atom. The summed E-state index contributed by atoms with van der Waals surface area (Å²) in [5, 5.41) is 3.40. The molecule has 0 aliphatic rings. The Labute approximate surface area is 120 Å². The predicted molar refractivity (Wildman–Crippen MR) is 76.0 cm³/mol. The molecule has 0 amide bonds. The van der Waals surface area contributed by atoms with Crippen molar-refractivity contribution in [2.24, 2.45) is 0 Å². The Balaban J connectivity index is 2.01. The van der Waals surface area contributed by atoms with Crippen LogP contribution in [0.15, 0.2) is 30.3 Å². The molecule has 96 valence electrons. The van der Waals surface area contributed by atoms with Gasteiger partial charge in [-0.2, -0.15) is 0 Å². The van der Waals surface area contributed by atoms with Crippen LogP contribution >= 0.6 is 34.5 Å². The van der Waals surface area contributed by atoms with E-state index < -0.39 is 0 Å². The zero-order valence-corrected chi connectivity index (χ0v) is 12.0. The molecule has 2 aromatic rings. The molecule has 1 aromatic carbocycles. The normalized spacial score (nSPS) is 12.7. The van der Waals surface area contributed by atoms with Crippen LogP contribution in [0.25, 0.3) is 0 Å². The van der Waals surface area contributed by atoms with E-state index in [1.165, 1.54) is 11.3 Å². The van der Waals surface area contributed by atoms with Gasteiger partial charge in [0.25, 0.3) is 0 Å². The van der Waals surface area contributed by atoms with Crippen LogP contribution in [-0.2, 0) is 6.54 Å². The second kappa shape index (κ2) is 6.02. The van der Waals surface area contributed by atoms with Crippen molar-refractivity contribution in [2.75, 3.05) is 0 Å². The van der Waals surface area contributed by atoms with Gasteiger partial charge >= 0.3 is 0 Å². The molecule has 2 rings (SSSR count). The lowest BCUT2D eigenvalue weighted by molar-refractivity contribution is 0.549. The van der Waals surface area contributed by atoms with Gasteiger partial charge in [-0.3, -0.25) is 0 Å². The predicted octanol–water partition coefficient (Wildman–Crippen LogP) is 5.04. The van der Waals surface area contributed by atoms with Gasteiger partial charge in [-0.25, -0.2) is 4.39 Å². The van der Waals surface area contributed by atoms with Crippen molar-refractivity contribution >= 4 is 34.5 Å². The lowest BCUT2D eigenvalue weighted by Crippen LogP contribution is -2.17. The van der Waals surface area contributed by atoms with E-state index in [9.17, 15) is 4.39 Å². The summed E-state index contributed by atoms with van der Waals surface area (Å²) in [6, 6.07) is 8.97. The Morgan fingerprint density at radius 2 is 2.06 bits per heavy atom. The zero-order chi connectivity index (χ0) is 13.1. The van der Waals surface area contributed by atoms with Crippen LogP contribution in [0.5, 0.6) is 0 Å². The van der Waals surface area contributed by atoms with Crippen LogP contribution in [0, 0.1) is 5.82 Å². The van der Waals surface area contributed by atoms with Gasteiger partial charge in [0.05, 0.1) is 9.36 Å². The van der Waals surface area contributed by atoms with Gasteiger partial charge in [-0.1, -0.05) is 35.3 Å². The maximum absolute atomic E-state index is 13.7. The summed E-state index contributed by atoms with van der Waals surface area (Å²) in [4.78, 5) is 1.13. The van der Waals surface area contributed by atoms with Crippen molar-refractivity contribution in [1.29, 1.82) is 0 Å². The minimum absolute atomic E-state index is 0.126. The van der Waals surface area contributed by atoms with E-state index in [0.717, 1.165) is 9.21 Å². The average Bonchev–Trinajstić information content (AvgIpc) is 2.77. The zero-order valence-electron chi connectivity index (χ0n) is 9.71. The summed E-state index contributed by atoms with van der Waals surface area (Å²) in [6.45, 7) is 2.45. The molecule has 1 N–H and O–H groups in total. The molecule has 0 aliphatic carbocycles. The second-order valence-electron chi connectivity index (χ2n) is 3.96. The minimum Gasteiger partial charge on any atom is -0.305 e. The first-order chi connectivity index (χ1) is 8.58. The van der Waals surface area contributed by atoms with E-state index in [2.05, 4.69) is 5.32 Å². The first kappa shape index (κ1) is 13.8. The quantitative estimate of drug-likeness (QED) is 0.834. The van der Waals surface area contributed by atoms with E-state index >= 15 is 0 Å². The van der Waals surface area contributed by atoms with Gasteiger partial charge in [0.1, 0.15) is 5.82 Å². The van der Waals surface area contributed by atoms with E-state index in [0.29, 0.717) is 12.1 Å². The first-order valence-corrected chi connectivity index (χ1v) is 7.06. The van der Waals surface area contributed by atoms with Gasteiger partial charge in [-0.05, 0) is 25.1 Å². The van der Waals surface area contributed by atoms with Crippen molar-refractivity contribution in [1.82, 2.24) is 5.32 Å². The number of halogens is 3. The lowest BCUT2D eigenvalue weighted by atomic mass is 10.2. The van der Waals surface area contributed by atoms with Crippen LogP contribution in [0.2, 0.25) is 9.36 Å². The topological polar surface area (TPSA) is 12.0 Å². The molecule has 0 saturated carbocycles. The Hall–Kier alpha value is -0.610. The largest absolute Gasteiger partial charge is 0.305 e. The maximum Gasteiger partial charge on any atom is 0.146 e. The number of hydrogen-bond acceptors (Lipinski definition) is 2. The molecular weight excluding hydrogens is 292 g/mol. The van der Waals surface area contributed by atoms with Gasteiger partial charge in [-0.15, -0.1) is 11.3 Å². The Bertz CT molecular complexity index is 542. The molecule has 1 aromatic heterocycles. The molecule has 1 atom stereocenters. The molecule has 0 radical (unpaired) electrons. The number of hydrogen-bond donors (Lipinski definition) is 1. The summed E-state index contributed by atoms with van der Waals surface area (Å²) in [6.07, 6.45) is 0. The maximum atomic E-state index is 13.7. The highest BCUT2D eigenvalue weighted by Gasteiger charge is 2.10. The third-order valence-corrected chi connectivity index (χ3v) is 4.36. The van der Waals surface area contributed by atoms with Crippen LogP contribution in [-0.4, -0.2) is 0 Å². The molecule has 1 heterocycles. The second-order valence-corrected chi connectivity index (χ2v) is 6.11. The fourth-order valence-electron chi connectivity index (χ4n) is 1.61. The fourth-order valence-corrected chi connectivity index (χ4v) is 2.89. The van der Waals surface area contributed by atoms with Crippen molar-refractivity contribution in [3.8, 4) is 0 Å². The summed E-state index contributed by atoms with van der Waals surface area (Å²) < 4.78 is 14.4. The highest BCUT2D eigenvalue weighted by molar-refractivity contribution is 7.16. The third kappa shape index (κ3) is 3.23. The molecule has 0 saturated heterocycles. The van der Waals surface area contributed by atoms with Crippen LogP contribution < -0.4 is 5.32 Å². The number of benzene rings is 1. The number of nitrogens with one attached hydrogen (secondary N) is 1. The summed E-state index contributed by atoms with van der Waals surface area (Å²) in [7, 11) is 0. The molecule has 1 nitrogen and oxygen atoms in total. The van der Waals surface area contributed by atoms with Gasteiger partial charge in [0.2, 0.25) is 0 Å². The Kier molecular flexibility index (Phi) is 4.62.